The minimum absolute atomic E-state index is 0.0421. The molecule has 0 fully saturated rings. The van der Waals surface area contributed by atoms with Gasteiger partial charge in [0.1, 0.15) is 18.3 Å². The van der Waals surface area contributed by atoms with Crippen LogP contribution in [0.2, 0.25) is 5.02 Å². The number of hydrogen-bond acceptors (Lipinski definition) is 5. The molecule has 2 amide bonds. The first kappa shape index (κ1) is 32.0. The number of carbonyl (C=O) groups excluding carboxylic acids is 2. The Morgan fingerprint density at radius 2 is 1.63 bits per heavy atom. The van der Waals surface area contributed by atoms with Crippen LogP contribution >= 0.6 is 11.6 Å². The van der Waals surface area contributed by atoms with Crippen molar-refractivity contribution in [2.75, 3.05) is 18.0 Å². The fraction of sp³-hybridized carbons (Fsp3) is 0.355. The number of anilines is 1. The van der Waals surface area contributed by atoms with Crippen molar-refractivity contribution in [2.24, 2.45) is 0 Å². The summed E-state index contributed by atoms with van der Waals surface area (Å²) in [5.41, 5.74) is 1.38. The fourth-order valence-electron chi connectivity index (χ4n) is 4.29. The van der Waals surface area contributed by atoms with Crippen molar-refractivity contribution in [3.63, 3.8) is 0 Å². The molecule has 8 nitrogen and oxygen atoms in total. The molecule has 1 atom stereocenters. The Bertz CT molecular complexity index is 1450. The van der Waals surface area contributed by atoms with Gasteiger partial charge in [0.05, 0.1) is 17.7 Å². The summed E-state index contributed by atoms with van der Waals surface area (Å²) >= 11 is 6.07. The van der Waals surface area contributed by atoms with Crippen LogP contribution in [0.1, 0.15) is 45.2 Å². The van der Waals surface area contributed by atoms with Gasteiger partial charge in [-0.15, -0.1) is 0 Å². The quantitative estimate of drug-likeness (QED) is 0.311. The molecular weight excluding hydrogens is 562 g/mol. The lowest BCUT2D eigenvalue weighted by atomic mass is 10.1. The van der Waals surface area contributed by atoms with Crippen molar-refractivity contribution in [3.8, 4) is 5.75 Å². The van der Waals surface area contributed by atoms with Gasteiger partial charge in [0, 0.05) is 23.2 Å². The molecule has 0 saturated heterocycles. The topological polar surface area (TPSA) is 96.0 Å². The number of halogens is 1. The highest BCUT2D eigenvalue weighted by Crippen LogP contribution is 2.28. The summed E-state index contributed by atoms with van der Waals surface area (Å²) in [4.78, 5) is 29.0. The van der Waals surface area contributed by atoms with Crippen LogP contribution in [-0.2, 0) is 26.2 Å². The van der Waals surface area contributed by atoms with E-state index in [1.54, 1.807) is 60.7 Å². The van der Waals surface area contributed by atoms with Gasteiger partial charge in [-0.2, -0.15) is 0 Å². The highest BCUT2D eigenvalue weighted by molar-refractivity contribution is 7.92. The molecule has 0 aliphatic rings. The van der Waals surface area contributed by atoms with E-state index in [4.69, 9.17) is 16.3 Å². The highest BCUT2D eigenvalue weighted by Gasteiger charge is 2.34. The van der Waals surface area contributed by atoms with Crippen molar-refractivity contribution < 1.29 is 22.7 Å². The van der Waals surface area contributed by atoms with E-state index in [0.29, 0.717) is 17.2 Å². The van der Waals surface area contributed by atoms with Crippen LogP contribution in [0.25, 0.3) is 0 Å². The van der Waals surface area contributed by atoms with Gasteiger partial charge in [0.2, 0.25) is 11.8 Å². The van der Waals surface area contributed by atoms with Gasteiger partial charge in [0.25, 0.3) is 10.0 Å². The summed E-state index contributed by atoms with van der Waals surface area (Å²) in [6.45, 7) is 8.82. The first-order chi connectivity index (χ1) is 19.2. The zero-order chi connectivity index (χ0) is 30.4. The molecule has 3 aromatic carbocycles. The normalized spacial score (nSPS) is 12.4. The molecule has 0 bridgehead atoms. The summed E-state index contributed by atoms with van der Waals surface area (Å²) in [5, 5.41) is 3.50. The van der Waals surface area contributed by atoms with E-state index in [9.17, 15) is 18.0 Å². The maximum atomic E-state index is 14.1. The van der Waals surface area contributed by atoms with Crippen LogP contribution in [0, 0.1) is 6.92 Å². The molecule has 0 spiro atoms. The third-order valence-electron chi connectivity index (χ3n) is 6.38. The maximum Gasteiger partial charge on any atom is 0.264 e. The Hall–Kier alpha value is -3.56. The molecule has 220 valence electrons. The molecule has 10 heteroatoms. The lowest BCUT2D eigenvalue weighted by molar-refractivity contribution is -0.141. The molecule has 1 N–H and O–H groups in total. The molecule has 0 heterocycles. The Labute approximate surface area is 248 Å². The molecule has 3 aromatic rings. The highest BCUT2D eigenvalue weighted by atomic mass is 35.5. The van der Waals surface area contributed by atoms with E-state index in [0.717, 1.165) is 15.4 Å². The van der Waals surface area contributed by atoms with Crippen molar-refractivity contribution in [2.45, 2.75) is 64.1 Å². The van der Waals surface area contributed by atoms with Gasteiger partial charge < -0.3 is 15.0 Å². The van der Waals surface area contributed by atoms with Gasteiger partial charge in [-0.05, 0) is 76.1 Å². The Morgan fingerprint density at radius 3 is 2.20 bits per heavy atom. The number of aryl methyl sites for hydroxylation is 1. The molecular formula is C31H38ClN3O5S. The number of nitrogens with one attached hydrogen (secondary N) is 1. The number of rotatable bonds is 11. The number of ether oxygens (including phenoxy) is 1. The van der Waals surface area contributed by atoms with Crippen molar-refractivity contribution in [3.05, 3.63) is 88.9 Å². The lowest BCUT2D eigenvalue weighted by Crippen LogP contribution is -2.55. The van der Waals surface area contributed by atoms with Gasteiger partial charge in [0.15, 0.2) is 0 Å². The lowest BCUT2D eigenvalue weighted by Gasteiger charge is -2.34. The van der Waals surface area contributed by atoms with Crippen LogP contribution in [-0.4, -0.2) is 50.4 Å². The third kappa shape index (κ3) is 8.47. The standard InChI is InChI=1S/C31H38ClN3O5S/c1-7-28(30(37)33-31(3,4)5)34(20-23-13-15-24(32)16-14-23)29(36)21-35(25-9-8-10-26(19-25)40-6)41(38,39)27-17-11-22(2)12-18-27/h8-19,28H,7,20-21H2,1-6H3,(H,33,37). The molecule has 0 saturated carbocycles. The molecule has 0 aliphatic heterocycles. The summed E-state index contributed by atoms with van der Waals surface area (Å²) in [6, 6.07) is 19.1. The number of methoxy groups -OCH3 is 1. The maximum absolute atomic E-state index is 14.1. The number of amides is 2. The van der Waals surface area contributed by atoms with Crippen molar-refractivity contribution in [1.29, 1.82) is 0 Å². The molecule has 41 heavy (non-hydrogen) atoms. The monoisotopic (exact) mass is 599 g/mol. The average Bonchev–Trinajstić information content (AvgIpc) is 2.91. The minimum Gasteiger partial charge on any atom is -0.497 e. The predicted molar refractivity (Wildman–Crippen MR) is 163 cm³/mol. The third-order valence-corrected chi connectivity index (χ3v) is 8.42. The van der Waals surface area contributed by atoms with Gasteiger partial charge in [-0.25, -0.2) is 8.42 Å². The van der Waals surface area contributed by atoms with Crippen molar-refractivity contribution >= 4 is 39.1 Å². The minimum atomic E-state index is -4.17. The largest absolute Gasteiger partial charge is 0.497 e. The summed E-state index contributed by atoms with van der Waals surface area (Å²) < 4.78 is 34.4. The molecule has 0 radical (unpaired) electrons. The van der Waals surface area contributed by atoms with Crippen LogP contribution < -0.4 is 14.4 Å². The predicted octanol–water partition coefficient (Wildman–Crippen LogP) is 5.57. The zero-order valence-corrected chi connectivity index (χ0v) is 25.9. The number of hydrogen-bond donors (Lipinski definition) is 1. The number of sulfonamides is 1. The number of nitrogens with zero attached hydrogens (tertiary/aromatic N) is 2. The summed E-state index contributed by atoms with van der Waals surface area (Å²) in [7, 11) is -2.69. The SMILES string of the molecule is CCC(C(=O)NC(C)(C)C)N(Cc1ccc(Cl)cc1)C(=O)CN(c1cccc(OC)c1)S(=O)(=O)c1ccc(C)cc1. The van der Waals surface area contributed by atoms with E-state index in [1.807, 2.05) is 34.6 Å². The summed E-state index contributed by atoms with van der Waals surface area (Å²) in [6.07, 6.45) is 0.325. The number of carbonyl (C=O) groups is 2. The molecule has 0 aromatic heterocycles. The fourth-order valence-corrected chi connectivity index (χ4v) is 5.82. The first-order valence-electron chi connectivity index (χ1n) is 13.3. The van der Waals surface area contributed by atoms with Crippen molar-refractivity contribution in [1.82, 2.24) is 10.2 Å². The van der Waals surface area contributed by atoms with Gasteiger partial charge >= 0.3 is 0 Å². The van der Waals surface area contributed by atoms with Crippen LogP contribution in [0.3, 0.4) is 0 Å². The van der Waals surface area contributed by atoms with Gasteiger partial charge in [-0.3, -0.25) is 13.9 Å². The average molecular weight is 600 g/mol. The first-order valence-corrected chi connectivity index (χ1v) is 15.2. The second kappa shape index (κ2) is 13.4. The van der Waals surface area contributed by atoms with E-state index in [2.05, 4.69) is 5.32 Å². The summed E-state index contributed by atoms with van der Waals surface area (Å²) in [5.74, 6) is -0.418. The molecule has 3 rings (SSSR count). The van der Waals surface area contributed by atoms with Crippen LogP contribution in [0.5, 0.6) is 5.75 Å². The second-order valence-corrected chi connectivity index (χ2v) is 13.1. The molecule has 0 aliphatic carbocycles. The zero-order valence-electron chi connectivity index (χ0n) is 24.3. The van der Waals surface area contributed by atoms with E-state index in [1.165, 1.54) is 24.1 Å². The Kier molecular flexibility index (Phi) is 10.4. The van der Waals surface area contributed by atoms with Crippen LogP contribution in [0.4, 0.5) is 5.69 Å². The Balaban J connectivity index is 2.09. The van der Waals surface area contributed by atoms with E-state index < -0.39 is 34.1 Å². The number of benzene rings is 3. The van der Waals surface area contributed by atoms with E-state index >= 15 is 0 Å². The Morgan fingerprint density at radius 1 is 1.00 bits per heavy atom. The second-order valence-electron chi connectivity index (χ2n) is 10.8. The van der Waals surface area contributed by atoms with E-state index in [-0.39, 0.29) is 23.0 Å². The van der Waals surface area contributed by atoms with Crippen LogP contribution in [0.15, 0.2) is 77.7 Å². The smallest absolute Gasteiger partial charge is 0.264 e. The van der Waals surface area contributed by atoms with Gasteiger partial charge in [-0.1, -0.05) is 54.4 Å². The molecule has 1 unspecified atom stereocenters.